The van der Waals surface area contributed by atoms with Crippen LogP contribution in [0.5, 0.6) is 0 Å². The van der Waals surface area contributed by atoms with Gasteiger partial charge in [-0.05, 0) is 19.3 Å². The molecule has 15 heavy (non-hydrogen) atoms. The summed E-state index contributed by atoms with van der Waals surface area (Å²) in [5.41, 5.74) is 0. The Morgan fingerprint density at radius 2 is 2.13 bits per heavy atom. The van der Waals surface area contributed by atoms with Crippen LogP contribution in [0, 0.1) is 5.92 Å². The highest BCUT2D eigenvalue weighted by molar-refractivity contribution is 5.83. The van der Waals surface area contributed by atoms with Gasteiger partial charge in [0.1, 0.15) is 5.78 Å². The Morgan fingerprint density at radius 3 is 2.80 bits per heavy atom. The average molecular weight is 205 g/mol. The lowest BCUT2D eigenvalue weighted by Crippen LogP contribution is -2.48. The van der Waals surface area contributed by atoms with Crippen molar-refractivity contribution in [3.8, 4) is 0 Å². The second kappa shape index (κ2) is 4.31. The van der Waals surface area contributed by atoms with E-state index in [1.165, 1.54) is 12.8 Å². The number of carbonyl (C=O) groups excluding carboxylic acids is 1. The predicted molar refractivity (Wildman–Crippen MR) is 61.6 cm³/mol. The first kappa shape index (κ1) is 10.6. The highest BCUT2D eigenvalue weighted by Crippen LogP contribution is 2.38. The topological polar surface area (TPSA) is 20.3 Å². The summed E-state index contributed by atoms with van der Waals surface area (Å²) in [6, 6.07) is 0.939. The SMILES string of the molecule is C=CC[C@H]1C(=O)C[C@@H]2CC[C@H]1N2CC=C. The van der Waals surface area contributed by atoms with E-state index in [1.54, 1.807) is 0 Å². The number of allylic oxidation sites excluding steroid dienone is 1. The maximum absolute atomic E-state index is 11.9. The van der Waals surface area contributed by atoms with Gasteiger partial charge in [0.25, 0.3) is 0 Å². The van der Waals surface area contributed by atoms with Gasteiger partial charge in [-0.25, -0.2) is 0 Å². The Bertz CT molecular complexity index is 284. The fourth-order valence-corrected chi connectivity index (χ4v) is 3.12. The van der Waals surface area contributed by atoms with Gasteiger partial charge in [0.05, 0.1) is 0 Å². The number of carbonyl (C=O) groups is 1. The van der Waals surface area contributed by atoms with Crippen molar-refractivity contribution in [3.63, 3.8) is 0 Å². The minimum absolute atomic E-state index is 0.196. The number of Topliss-reactive ketones (excluding diaryl/α,β-unsaturated/α-hetero) is 1. The molecule has 2 aliphatic heterocycles. The molecule has 2 rings (SSSR count). The smallest absolute Gasteiger partial charge is 0.139 e. The van der Waals surface area contributed by atoms with Crippen molar-refractivity contribution in [2.24, 2.45) is 5.92 Å². The lowest BCUT2D eigenvalue weighted by molar-refractivity contribution is -0.128. The fourth-order valence-electron chi connectivity index (χ4n) is 3.12. The number of hydrogen-bond donors (Lipinski definition) is 0. The third-order valence-electron chi connectivity index (χ3n) is 3.77. The van der Waals surface area contributed by atoms with Crippen LogP contribution in [0.15, 0.2) is 25.3 Å². The van der Waals surface area contributed by atoms with Gasteiger partial charge in [0, 0.05) is 31.0 Å². The van der Waals surface area contributed by atoms with Crippen molar-refractivity contribution in [1.82, 2.24) is 4.90 Å². The lowest BCUT2D eigenvalue weighted by Gasteiger charge is -2.38. The van der Waals surface area contributed by atoms with E-state index < -0.39 is 0 Å². The van der Waals surface area contributed by atoms with E-state index in [0.29, 0.717) is 17.9 Å². The predicted octanol–water partition coefficient (Wildman–Crippen LogP) is 2.17. The summed E-state index contributed by atoms with van der Waals surface area (Å²) in [7, 11) is 0. The van der Waals surface area contributed by atoms with Crippen molar-refractivity contribution in [2.45, 2.75) is 37.8 Å². The first-order valence-electron chi connectivity index (χ1n) is 5.78. The van der Waals surface area contributed by atoms with Gasteiger partial charge >= 0.3 is 0 Å². The van der Waals surface area contributed by atoms with Crippen LogP contribution in [0.4, 0.5) is 0 Å². The monoisotopic (exact) mass is 205 g/mol. The first-order chi connectivity index (χ1) is 7.27. The van der Waals surface area contributed by atoms with Gasteiger partial charge in [0.15, 0.2) is 0 Å². The summed E-state index contributed by atoms with van der Waals surface area (Å²) in [6.45, 7) is 8.47. The molecule has 2 aliphatic rings. The molecule has 2 heteroatoms. The molecule has 0 saturated carbocycles. The van der Waals surface area contributed by atoms with Gasteiger partial charge in [0.2, 0.25) is 0 Å². The zero-order chi connectivity index (χ0) is 10.8. The van der Waals surface area contributed by atoms with Gasteiger partial charge in [-0.3, -0.25) is 9.69 Å². The second-order valence-corrected chi connectivity index (χ2v) is 4.59. The molecule has 0 amide bonds. The van der Waals surface area contributed by atoms with Crippen molar-refractivity contribution < 1.29 is 4.79 Å². The number of ketones is 1. The van der Waals surface area contributed by atoms with Crippen molar-refractivity contribution in [1.29, 1.82) is 0 Å². The summed E-state index contributed by atoms with van der Waals surface area (Å²) in [4.78, 5) is 14.4. The molecular weight excluding hydrogens is 186 g/mol. The Labute approximate surface area is 91.6 Å². The van der Waals surface area contributed by atoms with Crippen LogP contribution in [-0.2, 0) is 4.79 Å². The molecule has 3 atom stereocenters. The summed E-state index contributed by atoms with van der Waals surface area (Å²) in [6.07, 6.45) is 7.76. The van der Waals surface area contributed by atoms with E-state index >= 15 is 0 Å². The van der Waals surface area contributed by atoms with Crippen LogP contribution in [0.2, 0.25) is 0 Å². The molecule has 2 saturated heterocycles. The number of nitrogens with zero attached hydrogens (tertiary/aromatic N) is 1. The molecule has 0 aliphatic carbocycles. The molecule has 0 aromatic rings. The Balaban J connectivity index is 2.15. The molecule has 0 unspecified atom stereocenters. The minimum atomic E-state index is 0.196. The number of hydrogen-bond acceptors (Lipinski definition) is 2. The lowest BCUT2D eigenvalue weighted by atomic mass is 9.86. The van der Waals surface area contributed by atoms with Crippen molar-refractivity contribution in [3.05, 3.63) is 25.3 Å². The third kappa shape index (κ3) is 1.78. The average Bonchev–Trinajstić information content (AvgIpc) is 2.50. The zero-order valence-electron chi connectivity index (χ0n) is 9.19. The molecule has 0 spiro atoms. The molecule has 0 aromatic carbocycles. The van der Waals surface area contributed by atoms with E-state index in [0.717, 1.165) is 19.4 Å². The van der Waals surface area contributed by atoms with E-state index in [1.807, 2.05) is 12.2 Å². The molecule has 2 fully saturated rings. The van der Waals surface area contributed by atoms with Crippen LogP contribution in [0.1, 0.15) is 25.7 Å². The van der Waals surface area contributed by atoms with Crippen molar-refractivity contribution >= 4 is 5.78 Å². The Kier molecular flexibility index (Phi) is 3.06. The van der Waals surface area contributed by atoms with E-state index in [9.17, 15) is 4.79 Å². The largest absolute Gasteiger partial charge is 0.299 e. The molecule has 2 nitrogen and oxygen atoms in total. The second-order valence-electron chi connectivity index (χ2n) is 4.59. The standard InChI is InChI=1S/C13H19NO/c1-3-5-11-12-7-6-10(9-13(11)15)14(12)8-4-2/h3-4,10-12H,1-2,5-9H2/t10-,11+,12+/m0/s1. The first-order valence-corrected chi connectivity index (χ1v) is 5.78. The molecule has 0 N–H and O–H groups in total. The van der Waals surface area contributed by atoms with E-state index in [-0.39, 0.29) is 5.92 Å². The van der Waals surface area contributed by atoms with Gasteiger partial charge in [-0.1, -0.05) is 12.2 Å². The van der Waals surface area contributed by atoms with Crippen LogP contribution >= 0.6 is 0 Å². The van der Waals surface area contributed by atoms with Crippen LogP contribution < -0.4 is 0 Å². The van der Waals surface area contributed by atoms with E-state index in [2.05, 4.69) is 18.1 Å². The minimum Gasteiger partial charge on any atom is -0.299 e. The van der Waals surface area contributed by atoms with Crippen molar-refractivity contribution in [2.75, 3.05) is 6.54 Å². The zero-order valence-corrected chi connectivity index (χ0v) is 9.19. The van der Waals surface area contributed by atoms with Crippen LogP contribution in [0.25, 0.3) is 0 Å². The molecule has 0 radical (unpaired) electrons. The summed E-state index contributed by atoms with van der Waals surface area (Å²) < 4.78 is 0. The Morgan fingerprint density at radius 1 is 1.33 bits per heavy atom. The molecule has 2 heterocycles. The molecule has 82 valence electrons. The van der Waals surface area contributed by atoms with Crippen LogP contribution in [-0.4, -0.2) is 29.3 Å². The summed E-state index contributed by atoms with van der Waals surface area (Å²) in [5.74, 6) is 0.643. The summed E-state index contributed by atoms with van der Waals surface area (Å²) in [5, 5.41) is 0. The fraction of sp³-hybridized carbons (Fsp3) is 0.615. The van der Waals surface area contributed by atoms with Gasteiger partial charge in [-0.15, -0.1) is 13.2 Å². The molecule has 0 aromatic heterocycles. The maximum Gasteiger partial charge on any atom is 0.139 e. The van der Waals surface area contributed by atoms with Gasteiger partial charge in [-0.2, -0.15) is 0 Å². The number of piperidine rings is 1. The summed E-state index contributed by atoms with van der Waals surface area (Å²) >= 11 is 0. The maximum atomic E-state index is 11.9. The van der Waals surface area contributed by atoms with Crippen LogP contribution in [0.3, 0.4) is 0 Å². The number of rotatable bonds is 4. The van der Waals surface area contributed by atoms with Gasteiger partial charge < -0.3 is 0 Å². The molecule has 2 bridgehead atoms. The highest BCUT2D eigenvalue weighted by atomic mass is 16.1. The molecular formula is C13H19NO. The highest BCUT2D eigenvalue weighted by Gasteiger charge is 2.45. The normalized spacial score (nSPS) is 35.5. The third-order valence-corrected chi connectivity index (χ3v) is 3.77. The Hall–Kier alpha value is -0.890. The number of fused-ring (bicyclic) bond motifs is 2. The van der Waals surface area contributed by atoms with E-state index in [4.69, 9.17) is 0 Å². The quantitative estimate of drug-likeness (QED) is 0.656.